The number of aliphatic imine (C=N–C) groups is 1. The number of piperidine rings is 1. The SMILES string of the molecule is CN=C(NCc1ccnc(N2CCCCC2)c1)NC1CC(C)N(Cc2ccccc2)C1. The molecule has 2 aliphatic rings. The van der Waals surface area contributed by atoms with Crippen molar-refractivity contribution in [2.75, 3.05) is 31.6 Å². The summed E-state index contributed by atoms with van der Waals surface area (Å²) in [6.45, 7) is 7.34. The van der Waals surface area contributed by atoms with E-state index >= 15 is 0 Å². The molecule has 6 nitrogen and oxygen atoms in total. The summed E-state index contributed by atoms with van der Waals surface area (Å²) >= 11 is 0. The molecule has 0 amide bonds. The van der Waals surface area contributed by atoms with Crippen molar-refractivity contribution in [1.82, 2.24) is 20.5 Å². The molecule has 2 saturated heterocycles. The normalized spacial score (nSPS) is 22.5. The van der Waals surface area contributed by atoms with Gasteiger partial charge in [0, 0.05) is 58.1 Å². The fourth-order valence-electron chi connectivity index (χ4n) is 4.68. The first-order valence-corrected chi connectivity index (χ1v) is 11.7. The monoisotopic (exact) mass is 420 g/mol. The number of anilines is 1. The number of rotatable bonds is 6. The molecule has 2 fully saturated rings. The molecular formula is C25H36N6. The number of aromatic nitrogens is 1. The first kappa shape index (κ1) is 21.6. The maximum absolute atomic E-state index is 4.59. The van der Waals surface area contributed by atoms with E-state index in [4.69, 9.17) is 0 Å². The van der Waals surface area contributed by atoms with E-state index in [1.807, 2.05) is 13.2 Å². The van der Waals surface area contributed by atoms with Gasteiger partial charge in [-0.1, -0.05) is 30.3 Å². The van der Waals surface area contributed by atoms with Crippen LogP contribution in [0.1, 0.15) is 43.7 Å². The second kappa shape index (κ2) is 10.6. The Morgan fingerprint density at radius 3 is 2.68 bits per heavy atom. The second-order valence-electron chi connectivity index (χ2n) is 8.84. The van der Waals surface area contributed by atoms with Crippen LogP contribution in [0.2, 0.25) is 0 Å². The van der Waals surface area contributed by atoms with Gasteiger partial charge in [0.2, 0.25) is 0 Å². The molecule has 1 aromatic heterocycles. The van der Waals surface area contributed by atoms with Crippen molar-refractivity contribution in [3.8, 4) is 0 Å². The third-order valence-electron chi connectivity index (χ3n) is 6.45. The highest BCUT2D eigenvalue weighted by Gasteiger charge is 2.29. The molecule has 2 unspecified atom stereocenters. The molecule has 2 aliphatic heterocycles. The van der Waals surface area contributed by atoms with Crippen molar-refractivity contribution >= 4 is 11.8 Å². The van der Waals surface area contributed by atoms with Gasteiger partial charge in [-0.05, 0) is 55.9 Å². The Bertz CT molecular complexity index is 846. The van der Waals surface area contributed by atoms with Gasteiger partial charge in [0.1, 0.15) is 5.82 Å². The Labute approximate surface area is 186 Å². The molecule has 0 bridgehead atoms. The molecule has 6 heteroatoms. The van der Waals surface area contributed by atoms with Crippen LogP contribution in [0.3, 0.4) is 0 Å². The molecule has 2 aromatic rings. The zero-order valence-electron chi connectivity index (χ0n) is 18.9. The number of benzene rings is 1. The lowest BCUT2D eigenvalue weighted by Crippen LogP contribution is -2.44. The lowest BCUT2D eigenvalue weighted by atomic mass is 10.1. The van der Waals surface area contributed by atoms with Crippen molar-refractivity contribution in [2.24, 2.45) is 4.99 Å². The highest BCUT2D eigenvalue weighted by Crippen LogP contribution is 2.21. The average molecular weight is 421 g/mol. The van der Waals surface area contributed by atoms with Gasteiger partial charge < -0.3 is 15.5 Å². The van der Waals surface area contributed by atoms with Crippen molar-refractivity contribution in [3.05, 3.63) is 59.8 Å². The van der Waals surface area contributed by atoms with E-state index < -0.39 is 0 Å². The minimum Gasteiger partial charge on any atom is -0.357 e. The summed E-state index contributed by atoms with van der Waals surface area (Å²) in [5.41, 5.74) is 2.61. The second-order valence-corrected chi connectivity index (χ2v) is 8.84. The van der Waals surface area contributed by atoms with Crippen LogP contribution in [0.4, 0.5) is 5.82 Å². The number of guanidine groups is 1. The number of likely N-dealkylation sites (tertiary alicyclic amines) is 1. The topological polar surface area (TPSA) is 55.8 Å². The summed E-state index contributed by atoms with van der Waals surface area (Å²) in [6.07, 6.45) is 6.92. The third kappa shape index (κ3) is 5.97. The minimum absolute atomic E-state index is 0.409. The van der Waals surface area contributed by atoms with Crippen molar-refractivity contribution in [3.63, 3.8) is 0 Å². The predicted molar refractivity (Wildman–Crippen MR) is 128 cm³/mol. The zero-order valence-corrected chi connectivity index (χ0v) is 18.9. The van der Waals surface area contributed by atoms with E-state index in [2.05, 4.69) is 79.8 Å². The molecule has 0 aliphatic carbocycles. The van der Waals surface area contributed by atoms with Crippen LogP contribution in [0.5, 0.6) is 0 Å². The van der Waals surface area contributed by atoms with Crippen molar-refractivity contribution < 1.29 is 0 Å². The van der Waals surface area contributed by atoms with Crippen LogP contribution < -0.4 is 15.5 Å². The van der Waals surface area contributed by atoms with Crippen LogP contribution in [0.25, 0.3) is 0 Å². The van der Waals surface area contributed by atoms with E-state index in [0.29, 0.717) is 12.1 Å². The Hall–Kier alpha value is -2.60. The zero-order chi connectivity index (χ0) is 21.5. The maximum atomic E-state index is 4.59. The summed E-state index contributed by atoms with van der Waals surface area (Å²) < 4.78 is 0. The third-order valence-corrected chi connectivity index (χ3v) is 6.45. The largest absolute Gasteiger partial charge is 0.357 e. The van der Waals surface area contributed by atoms with E-state index in [1.165, 1.54) is 30.4 Å². The molecule has 166 valence electrons. The Morgan fingerprint density at radius 2 is 1.90 bits per heavy atom. The molecule has 2 N–H and O–H groups in total. The van der Waals surface area contributed by atoms with Gasteiger partial charge in [0.05, 0.1) is 0 Å². The van der Waals surface area contributed by atoms with E-state index in [-0.39, 0.29) is 0 Å². The van der Waals surface area contributed by atoms with Gasteiger partial charge in [-0.25, -0.2) is 4.98 Å². The van der Waals surface area contributed by atoms with Crippen LogP contribution >= 0.6 is 0 Å². The summed E-state index contributed by atoms with van der Waals surface area (Å²) in [5, 5.41) is 7.13. The van der Waals surface area contributed by atoms with Crippen LogP contribution in [-0.4, -0.2) is 54.6 Å². The van der Waals surface area contributed by atoms with Gasteiger partial charge in [0.15, 0.2) is 5.96 Å². The highest BCUT2D eigenvalue weighted by molar-refractivity contribution is 5.80. The molecule has 2 atom stereocenters. The number of hydrogen-bond donors (Lipinski definition) is 2. The quantitative estimate of drug-likeness (QED) is 0.554. The van der Waals surface area contributed by atoms with E-state index in [0.717, 1.165) is 50.9 Å². The van der Waals surface area contributed by atoms with Crippen molar-refractivity contribution in [2.45, 2.75) is 57.8 Å². The fraction of sp³-hybridized carbons (Fsp3) is 0.520. The van der Waals surface area contributed by atoms with Gasteiger partial charge in [0.25, 0.3) is 0 Å². The first-order valence-electron chi connectivity index (χ1n) is 11.7. The number of nitrogens with zero attached hydrogens (tertiary/aromatic N) is 4. The molecular weight excluding hydrogens is 384 g/mol. The van der Waals surface area contributed by atoms with Gasteiger partial charge >= 0.3 is 0 Å². The predicted octanol–water partition coefficient (Wildman–Crippen LogP) is 3.40. The van der Waals surface area contributed by atoms with E-state index in [9.17, 15) is 0 Å². The molecule has 0 saturated carbocycles. The number of pyridine rings is 1. The van der Waals surface area contributed by atoms with Gasteiger partial charge in [-0.2, -0.15) is 0 Å². The van der Waals surface area contributed by atoms with Gasteiger partial charge in [-0.15, -0.1) is 0 Å². The molecule has 3 heterocycles. The first-order chi connectivity index (χ1) is 15.2. The van der Waals surface area contributed by atoms with Gasteiger partial charge in [-0.3, -0.25) is 9.89 Å². The highest BCUT2D eigenvalue weighted by atomic mass is 15.3. The summed E-state index contributed by atoms with van der Waals surface area (Å²) in [5.74, 6) is 1.97. The number of hydrogen-bond acceptors (Lipinski definition) is 4. The maximum Gasteiger partial charge on any atom is 0.191 e. The average Bonchev–Trinajstić information content (AvgIpc) is 3.16. The summed E-state index contributed by atoms with van der Waals surface area (Å²) in [6, 6.07) is 16.0. The Kier molecular flexibility index (Phi) is 7.41. The molecule has 0 radical (unpaired) electrons. The number of nitrogens with one attached hydrogen (secondary N) is 2. The Balaban J connectivity index is 1.28. The smallest absolute Gasteiger partial charge is 0.191 e. The van der Waals surface area contributed by atoms with E-state index in [1.54, 1.807) is 0 Å². The molecule has 4 rings (SSSR count). The standard InChI is InChI=1S/C25H36N6/c1-20-15-23(19-31(20)18-21-9-5-3-6-10-21)29-25(26-2)28-17-22-11-12-27-24(16-22)30-13-7-4-8-14-30/h3,5-6,9-12,16,20,23H,4,7-8,13-15,17-19H2,1-2H3,(H2,26,28,29). The fourth-order valence-corrected chi connectivity index (χ4v) is 4.68. The molecule has 1 aromatic carbocycles. The van der Waals surface area contributed by atoms with Crippen LogP contribution in [0.15, 0.2) is 53.7 Å². The molecule has 31 heavy (non-hydrogen) atoms. The van der Waals surface area contributed by atoms with Crippen LogP contribution in [0, 0.1) is 0 Å². The molecule has 0 spiro atoms. The van der Waals surface area contributed by atoms with Crippen LogP contribution in [-0.2, 0) is 13.1 Å². The summed E-state index contributed by atoms with van der Waals surface area (Å²) in [7, 11) is 1.85. The Morgan fingerprint density at radius 1 is 1.10 bits per heavy atom. The lowest BCUT2D eigenvalue weighted by molar-refractivity contribution is 0.258. The van der Waals surface area contributed by atoms with Crippen molar-refractivity contribution in [1.29, 1.82) is 0 Å². The summed E-state index contributed by atoms with van der Waals surface area (Å²) in [4.78, 5) is 14.0. The lowest BCUT2D eigenvalue weighted by Gasteiger charge is -2.28. The minimum atomic E-state index is 0.409.